The van der Waals surface area contributed by atoms with Gasteiger partial charge in [0.25, 0.3) is 5.69 Å². The van der Waals surface area contributed by atoms with Gasteiger partial charge in [-0.05, 0) is 18.6 Å². The quantitative estimate of drug-likeness (QED) is 0.431. The zero-order chi connectivity index (χ0) is 20.3. The van der Waals surface area contributed by atoms with E-state index in [1.807, 2.05) is 0 Å². The summed E-state index contributed by atoms with van der Waals surface area (Å²) < 4.78 is 24.9. The third kappa shape index (κ3) is 4.37. The van der Waals surface area contributed by atoms with E-state index in [1.165, 1.54) is 10.4 Å². The molecule has 1 saturated heterocycles. The van der Waals surface area contributed by atoms with Crippen molar-refractivity contribution in [3.8, 4) is 0 Å². The van der Waals surface area contributed by atoms with Crippen LogP contribution in [0.3, 0.4) is 0 Å². The van der Waals surface area contributed by atoms with Gasteiger partial charge in [0.15, 0.2) is 5.78 Å². The van der Waals surface area contributed by atoms with E-state index in [4.69, 9.17) is 0 Å². The Labute approximate surface area is 163 Å². The molecule has 1 fully saturated rings. The highest BCUT2D eigenvalue weighted by Crippen LogP contribution is 2.31. The molecule has 0 N–H and O–H groups in total. The molecule has 1 aliphatic heterocycles. The zero-order valence-electron chi connectivity index (χ0n) is 15.4. The normalized spacial score (nSPS) is 15.8. The number of anilines is 1. The van der Waals surface area contributed by atoms with E-state index in [9.17, 15) is 23.3 Å². The molecule has 3 rings (SSSR count). The second kappa shape index (κ2) is 8.07. The zero-order valence-corrected chi connectivity index (χ0v) is 16.3. The Morgan fingerprint density at radius 3 is 2.36 bits per heavy atom. The molecule has 0 saturated carbocycles. The van der Waals surface area contributed by atoms with Crippen molar-refractivity contribution in [1.82, 2.24) is 4.31 Å². The highest BCUT2D eigenvalue weighted by atomic mass is 32.2. The van der Waals surface area contributed by atoms with Crippen LogP contribution in [0, 0.1) is 10.1 Å². The van der Waals surface area contributed by atoms with Crippen LogP contribution in [-0.4, -0.2) is 55.9 Å². The first kappa shape index (κ1) is 20.0. The van der Waals surface area contributed by atoms with Crippen molar-refractivity contribution >= 4 is 27.2 Å². The highest BCUT2D eigenvalue weighted by Gasteiger charge is 2.26. The van der Waals surface area contributed by atoms with Crippen LogP contribution >= 0.6 is 0 Å². The molecule has 0 atom stereocenters. The molecular weight excluding hydrogens is 382 g/mol. The van der Waals surface area contributed by atoms with Gasteiger partial charge in [0.05, 0.1) is 11.2 Å². The van der Waals surface area contributed by atoms with Crippen LogP contribution in [0.2, 0.25) is 0 Å². The number of nitro groups is 1. The van der Waals surface area contributed by atoms with E-state index in [0.717, 1.165) is 6.26 Å². The summed E-state index contributed by atoms with van der Waals surface area (Å²) in [7, 11) is -3.30. The van der Waals surface area contributed by atoms with Crippen LogP contribution in [0.25, 0.3) is 0 Å². The minimum atomic E-state index is -3.30. The summed E-state index contributed by atoms with van der Waals surface area (Å²) in [6.07, 6.45) is 1.73. The lowest BCUT2D eigenvalue weighted by Gasteiger charge is -2.23. The fraction of sp³-hybridized carbons (Fsp3) is 0.316. The molecule has 0 aliphatic carbocycles. The van der Waals surface area contributed by atoms with Gasteiger partial charge in [-0.3, -0.25) is 14.9 Å². The Kier molecular flexibility index (Phi) is 5.76. The molecule has 2 aromatic carbocycles. The van der Waals surface area contributed by atoms with E-state index in [-0.39, 0.29) is 23.6 Å². The Hall–Kier alpha value is -2.78. The lowest BCUT2D eigenvalue weighted by atomic mass is 10.0. The first-order chi connectivity index (χ1) is 13.3. The van der Waals surface area contributed by atoms with Crippen molar-refractivity contribution < 1.29 is 18.1 Å². The number of hydrogen-bond acceptors (Lipinski definition) is 6. The second-order valence-electron chi connectivity index (χ2n) is 6.66. The first-order valence-corrected chi connectivity index (χ1v) is 10.7. The van der Waals surface area contributed by atoms with Gasteiger partial charge in [0.2, 0.25) is 10.0 Å². The Balaban J connectivity index is 1.90. The topological polar surface area (TPSA) is 101 Å². The van der Waals surface area contributed by atoms with Gasteiger partial charge in [0, 0.05) is 43.4 Å². The summed E-state index contributed by atoms with van der Waals surface area (Å²) in [6, 6.07) is 13.0. The average molecular weight is 403 g/mol. The summed E-state index contributed by atoms with van der Waals surface area (Å²) in [4.78, 5) is 25.6. The van der Waals surface area contributed by atoms with Gasteiger partial charge in [-0.25, -0.2) is 12.7 Å². The first-order valence-electron chi connectivity index (χ1n) is 8.85. The predicted molar refractivity (Wildman–Crippen MR) is 106 cm³/mol. The van der Waals surface area contributed by atoms with Crippen molar-refractivity contribution in [2.24, 2.45) is 0 Å². The molecule has 0 bridgehead atoms. The fourth-order valence-electron chi connectivity index (χ4n) is 3.30. The minimum Gasteiger partial charge on any atom is -0.365 e. The van der Waals surface area contributed by atoms with Crippen LogP contribution in [0.4, 0.5) is 11.4 Å². The van der Waals surface area contributed by atoms with E-state index in [0.29, 0.717) is 37.3 Å². The van der Waals surface area contributed by atoms with Crippen LogP contribution in [0.1, 0.15) is 22.3 Å². The van der Waals surface area contributed by atoms with Gasteiger partial charge >= 0.3 is 0 Å². The van der Waals surface area contributed by atoms with E-state index < -0.39 is 14.9 Å². The molecule has 0 unspecified atom stereocenters. The molecule has 0 spiro atoms. The fourth-order valence-corrected chi connectivity index (χ4v) is 4.17. The van der Waals surface area contributed by atoms with Crippen molar-refractivity contribution in [3.63, 3.8) is 0 Å². The molecule has 9 heteroatoms. The maximum absolute atomic E-state index is 12.6. The van der Waals surface area contributed by atoms with E-state index >= 15 is 0 Å². The molecule has 148 valence electrons. The largest absolute Gasteiger partial charge is 0.365 e. The number of rotatable bonds is 5. The van der Waals surface area contributed by atoms with Crippen LogP contribution in [0.5, 0.6) is 0 Å². The maximum Gasteiger partial charge on any atom is 0.293 e. The number of nitrogens with zero attached hydrogens (tertiary/aromatic N) is 3. The summed E-state index contributed by atoms with van der Waals surface area (Å²) in [6.45, 7) is 1.49. The van der Waals surface area contributed by atoms with Crippen LogP contribution < -0.4 is 4.90 Å². The molecular formula is C19H21N3O5S. The Morgan fingerprint density at radius 2 is 1.71 bits per heavy atom. The predicted octanol–water partition coefficient (Wildman–Crippen LogP) is 2.30. The van der Waals surface area contributed by atoms with Gasteiger partial charge in [-0.15, -0.1) is 0 Å². The molecule has 0 amide bonds. The van der Waals surface area contributed by atoms with Crippen LogP contribution in [-0.2, 0) is 10.0 Å². The smallest absolute Gasteiger partial charge is 0.293 e. The van der Waals surface area contributed by atoms with Gasteiger partial charge < -0.3 is 4.90 Å². The van der Waals surface area contributed by atoms with Gasteiger partial charge in [0.1, 0.15) is 5.69 Å². The lowest BCUT2D eigenvalue weighted by Crippen LogP contribution is -2.34. The SMILES string of the molecule is CS(=O)(=O)N1CCCN(c2ccc(C(=O)c3ccccc3)cc2[N+](=O)[O-])CC1. The molecule has 0 aromatic heterocycles. The third-order valence-corrected chi connectivity index (χ3v) is 6.04. The van der Waals surface area contributed by atoms with Crippen molar-refractivity contribution in [2.75, 3.05) is 37.3 Å². The molecule has 1 heterocycles. The van der Waals surface area contributed by atoms with E-state index in [1.54, 1.807) is 47.4 Å². The highest BCUT2D eigenvalue weighted by molar-refractivity contribution is 7.88. The number of nitro benzene ring substituents is 1. The molecule has 0 radical (unpaired) electrons. The monoisotopic (exact) mass is 403 g/mol. The molecule has 8 nitrogen and oxygen atoms in total. The Morgan fingerprint density at radius 1 is 1.00 bits per heavy atom. The number of carbonyl (C=O) groups excluding carboxylic acids is 1. The number of sulfonamides is 1. The maximum atomic E-state index is 12.6. The van der Waals surface area contributed by atoms with E-state index in [2.05, 4.69) is 0 Å². The van der Waals surface area contributed by atoms with Crippen LogP contribution in [0.15, 0.2) is 48.5 Å². The lowest BCUT2D eigenvalue weighted by molar-refractivity contribution is -0.384. The Bertz CT molecular complexity index is 992. The second-order valence-corrected chi connectivity index (χ2v) is 8.64. The summed E-state index contributed by atoms with van der Waals surface area (Å²) in [5, 5.41) is 11.6. The minimum absolute atomic E-state index is 0.158. The molecule has 2 aromatic rings. The van der Waals surface area contributed by atoms with Gasteiger partial charge in [-0.1, -0.05) is 30.3 Å². The van der Waals surface area contributed by atoms with Crippen molar-refractivity contribution in [3.05, 3.63) is 69.8 Å². The number of hydrogen-bond donors (Lipinski definition) is 0. The van der Waals surface area contributed by atoms with Crippen molar-refractivity contribution in [2.45, 2.75) is 6.42 Å². The molecule has 1 aliphatic rings. The average Bonchev–Trinajstić information content (AvgIpc) is 2.94. The standard InChI is InChI=1S/C19H21N3O5S/c1-28(26,27)21-11-5-10-20(12-13-21)17-9-8-16(14-18(17)22(24)25)19(23)15-6-3-2-4-7-15/h2-4,6-9,14H,5,10-13H2,1H3. The number of carbonyl (C=O) groups is 1. The third-order valence-electron chi connectivity index (χ3n) is 4.73. The van der Waals surface area contributed by atoms with Gasteiger partial charge in [-0.2, -0.15) is 0 Å². The summed E-state index contributed by atoms with van der Waals surface area (Å²) >= 11 is 0. The molecule has 28 heavy (non-hydrogen) atoms. The summed E-state index contributed by atoms with van der Waals surface area (Å²) in [5.74, 6) is -0.283. The number of benzene rings is 2. The summed E-state index contributed by atoms with van der Waals surface area (Å²) in [5.41, 5.74) is 0.942. The number of ketones is 1. The van der Waals surface area contributed by atoms with Crippen molar-refractivity contribution in [1.29, 1.82) is 0 Å².